The minimum Gasteiger partial charge on any atom is -0.383 e. The highest BCUT2D eigenvalue weighted by Crippen LogP contribution is 2.27. The highest BCUT2D eigenvalue weighted by Gasteiger charge is 2.16. The molecule has 2 rings (SSSR count). The Kier molecular flexibility index (Phi) is 4.48. The number of nitrogens with two attached hydrogens (primary N) is 1. The molecule has 0 amide bonds. The average molecular weight is 252 g/mol. The first-order valence-corrected chi connectivity index (χ1v) is 7.31. The van der Waals surface area contributed by atoms with Gasteiger partial charge in [0.1, 0.15) is 18.0 Å². The maximum absolute atomic E-state index is 5.89. The van der Waals surface area contributed by atoms with Gasteiger partial charge in [0, 0.05) is 17.4 Å². The zero-order valence-corrected chi connectivity index (χ0v) is 11.1. The predicted molar refractivity (Wildman–Crippen MR) is 74.4 cm³/mol. The van der Waals surface area contributed by atoms with Crippen LogP contribution < -0.4 is 11.1 Å². The van der Waals surface area contributed by atoms with Crippen LogP contribution in [0.2, 0.25) is 0 Å². The van der Waals surface area contributed by atoms with Gasteiger partial charge in [-0.1, -0.05) is 13.3 Å². The first-order valence-electron chi connectivity index (χ1n) is 6.26. The number of aromatic nitrogens is 2. The summed E-state index contributed by atoms with van der Waals surface area (Å²) in [7, 11) is 0. The zero-order valence-electron chi connectivity index (χ0n) is 10.3. The Labute approximate surface area is 107 Å². The highest BCUT2D eigenvalue weighted by atomic mass is 32.2. The van der Waals surface area contributed by atoms with Crippen LogP contribution in [0.5, 0.6) is 0 Å². The fourth-order valence-electron chi connectivity index (χ4n) is 2.09. The molecule has 0 aliphatic carbocycles. The summed E-state index contributed by atoms with van der Waals surface area (Å²) in [5, 5.41) is 4.15. The van der Waals surface area contributed by atoms with E-state index in [4.69, 9.17) is 5.73 Å². The van der Waals surface area contributed by atoms with Crippen molar-refractivity contribution in [2.24, 2.45) is 0 Å². The SMILES string of the molecule is CCCc1c(N)ncnc1NCC1CCCS1. The molecule has 1 fully saturated rings. The molecule has 1 aromatic rings. The molecule has 1 atom stereocenters. The van der Waals surface area contributed by atoms with E-state index in [-0.39, 0.29) is 0 Å². The fourth-order valence-corrected chi connectivity index (χ4v) is 3.29. The molecule has 4 nitrogen and oxygen atoms in total. The molecule has 5 heteroatoms. The molecule has 0 aromatic carbocycles. The van der Waals surface area contributed by atoms with E-state index < -0.39 is 0 Å². The van der Waals surface area contributed by atoms with Crippen molar-refractivity contribution in [1.82, 2.24) is 9.97 Å². The largest absolute Gasteiger partial charge is 0.383 e. The Balaban J connectivity index is 2.00. The van der Waals surface area contributed by atoms with Gasteiger partial charge in [0.05, 0.1) is 0 Å². The summed E-state index contributed by atoms with van der Waals surface area (Å²) < 4.78 is 0. The quantitative estimate of drug-likeness (QED) is 0.842. The van der Waals surface area contributed by atoms with Crippen LogP contribution in [-0.4, -0.2) is 27.5 Å². The first kappa shape index (κ1) is 12.5. The first-order chi connectivity index (χ1) is 8.31. The van der Waals surface area contributed by atoms with E-state index in [1.807, 2.05) is 11.8 Å². The molecule has 1 saturated heterocycles. The summed E-state index contributed by atoms with van der Waals surface area (Å²) in [6.07, 6.45) is 6.18. The molecular formula is C12H20N4S. The minimum absolute atomic E-state index is 0.614. The molecule has 94 valence electrons. The molecule has 2 heterocycles. The Morgan fingerprint density at radius 2 is 2.41 bits per heavy atom. The second-order valence-corrected chi connectivity index (χ2v) is 5.76. The summed E-state index contributed by atoms with van der Waals surface area (Å²) in [5.74, 6) is 2.83. The van der Waals surface area contributed by atoms with Crippen molar-refractivity contribution >= 4 is 23.4 Å². The molecule has 0 saturated carbocycles. The predicted octanol–water partition coefficient (Wildman–Crippen LogP) is 2.32. The normalized spacial score (nSPS) is 19.5. The number of nitrogens with one attached hydrogen (secondary N) is 1. The summed E-state index contributed by atoms with van der Waals surface area (Å²) in [4.78, 5) is 8.37. The summed E-state index contributed by atoms with van der Waals surface area (Å²) in [6.45, 7) is 3.13. The lowest BCUT2D eigenvalue weighted by Crippen LogP contribution is -2.16. The number of hydrogen-bond donors (Lipinski definition) is 2. The molecule has 1 aliphatic heterocycles. The van der Waals surface area contributed by atoms with E-state index in [2.05, 4.69) is 22.2 Å². The molecule has 0 spiro atoms. The average Bonchev–Trinajstić information content (AvgIpc) is 2.83. The Hall–Kier alpha value is -0.970. The van der Waals surface area contributed by atoms with Gasteiger partial charge >= 0.3 is 0 Å². The monoisotopic (exact) mass is 252 g/mol. The Morgan fingerprint density at radius 3 is 3.12 bits per heavy atom. The molecule has 1 aromatic heterocycles. The Bertz CT molecular complexity index is 364. The number of thioether (sulfide) groups is 1. The number of nitrogen functional groups attached to an aromatic ring is 1. The Morgan fingerprint density at radius 1 is 1.53 bits per heavy atom. The van der Waals surface area contributed by atoms with E-state index in [1.54, 1.807) is 6.33 Å². The second-order valence-electron chi connectivity index (χ2n) is 4.35. The topological polar surface area (TPSA) is 63.8 Å². The van der Waals surface area contributed by atoms with Gasteiger partial charge in [0.25, 0.3) is 0 Å². The lowest BCUT2D eigenvalue weighted by atomic mass is 10.1. The van der Waals surface area contributed by atoms with Crippen molar-refractivity contribution < 1.29 is 0 Å². The van der Waals surface area contributed by atoms with Gasteiger partial charge in [-0.25, -0.2) is 9.97 Å². The van der Waals surface area contributed by atoms with Crippen LogP contribution in [-0.2, 0) is 6.42 Å². The second kappa shape index (κ2) is 6.10. The molecule has 1 unspecified atom stereocenters. The van der Waals surface area contributed by atoms with Crippen molar-refractivity contribution in [2.75, 3.05) is 23.3 Å². The van der Waals surface area contributed by atoms with Gasteiger partial charge in [0.2, 0.25) is 0 Å². The lowest BCUT2D eigenvalue weighted by molar-refractivity contribution is 0.800. The van der Waals surface area contributed by atoms with Crippen LogP contribution in [0.3, 0.4) is 0 Å². The van der Waals surface area contributed by atoms with Gasteiger partial charge in [0.15, 0.2) is 0 Å². The van der Waals surface area contributed by atoms with Gasteiger partial charge in [-0.05, 0) is 25.0 Å². The van der Waals surface area contributed by atoms with Crippen molar-refractivity contribution in [3.8, 4) is 0 Å². The molecule has 0 bridgehead atoms. The smallest absolute Gasteiger partial charge is 0.134 e. The molecular weight excluding hydrogens is 232 g/mol. The van der Waals surface area contributed by atoms with Crippen molar-refractivity contribution in [1.29, 1.82) is 0 Å². The number of rotatable bonds is 5. The van der Waals surface area contributed by atoms with Crippen molar-refractivity contribution in [3.63, 3.8) is 0 Å². The minimum atomic E-state index is 0.614. The van der Waals surface area contributed by atoms with Crippen LogP contribution >= 0.6 is 11.8 Å². The van der Waals surface area contributed by atoms with Crippen LogP contribution in [0.1, 0.15) is 31.7 Å². The molecule has 17 heavy (non-hydrogen) atoms. The van der Waals surface area contributed by atoms with Gasteiger partial charge in [-0.2, -0.15) is 11.8 Å². The van der Waals surface area contributed by atoms with Gasteiger partial charge < -0.3 is 11.1 Å². The summed E-state index contributed by atoms with van der Waals surface area (Å²) in [6, 6.07) is 0. The van der Waals surface area contributed by atoms with Crippen LogP contribution in [0, 0.1) is 0 Å². The van der Waals surface area contributed by atoms with Gasteiger partial charge in [-0.3, -0.25) is 0 Å². The van der Waals surface area contributed by atoms with E-state index >= 15 is 0 Å². The fraction of sp³-hybridized carbons (Fsp3) is 0.667. The van der Waals surface area contributed by atoms with E-state index in [0.29, 0.717) is 5.82 Å². The van der Waals surface area contributed by atoms with E-state index in [9.17, 15) is 0 Å². The van der Waals surface area contributed by atoms with Crippen LogP contribution in [0.4, 0.5) is 11.6 Å². The number of nitrogens with zero attached hydrogens (tertiary/aromatic N) is 2. The highest BCUT2D eigenvalue weighted by molar-refractivity contribution is 8.00. The maximum Gasteiger partial charge on any atom is 0.134 e. The summed E-state index contributed by atoms with van der Waals surface area (Å²) in [5.41, 5.74) is 6.96. The third-order valence-corrected chi connectivity index (χ3v) is 4.40. The zero-order chi connectivity index (χ0) is 12.1. The number of anilines is 2. The third-order valence-electron chi connectivity index (χ3n) is 3.00. The van der Waals surface area contributed by atoms with E-state index in [1.165, 1.54) is 18.6 Å². The maximum atomic E-state index is 5.89. The molecule has 1 aliphatic rings. The van der Waals surface area contributed by atoms with Gasteiger partial charge in [-0.15, -0.1) is 0 Å². The third kappa shape index (κ3) is 3.25. The van der Waals surface area contributed by atoms with Crippen molar-refractivity contribution in [3.05, 3.63) is 11.9 Å². The standard InChI is InChI=1S/C12H20N4S/c1-2-4-10-11(13)15-8-16-12(10)14-7-9-5-3-6-17-9/h8-9H,2-7H2,1H3,(H3,13,14,15,16). The number of hydrogen-bond acceptors (Lipinski definition) is 5. The van der Waals surface area contributed by atoms with Crippen LogP contribution in [0.25, 0.3) is 0 Å². The lowest BCUT2D eigenvalue weighted by Gasteiger charge is -2.14. The molecule has 3 N–H and O–H groups in total. The summed E-state index contributed by atoms with van der Waals surface area (Å²) >= 11 is 2.05. The molecule has 0 radical (unpaired) electrons. The van der Waals surface area contributed by atoms with E-state index in [0.717, 1.165) is 36.0 Å². The van der Waals surface area contributed by atoms with Crippen molar-refractivity contribution in [2.45, 2.75) is 37.9 Å². The van der Waals surface area contributed by atoms with Crippen LogP contribution in [0.15, 0.2) is 6.33 Å².